The van der Waals surface area contributed by atoms with Crippen LogP contribution in [0.5, 0.6) is 51.7 Å². The molecule has 39 nitrogen and oxygen atoms in total. The molecule has 0 aliphatic carbocycles. The summed E-state index contributed by atoms with van der Waals surface area (Å²) < 4.78 is 71.6. The van der Waals surface area contributed by atoms with Crippen LogP contribution < -0.4 is 83.4 Å². The summed E-state index contributed by atoms with van der Waals surface area (Å²) in [5, 5.41) is 139. The maximum atomic E-state index is 16.4. The number of nitrogens with two attached hydrogens (primary N) is 1. The van der Waals surface area contributed by atoms with E-state index >= 15 is 24.0 Å². The molecule has 7 aliphatic heterocycles. The molecule has 14 rings (SSSR count). The third kappa shape index (κ3) is 21.9. The van der Waals surface area contributed by atoms with Gasteiger partial charge < -0.3 is 133 Å². The van der Waals surface area contributed by atoms with Gasteiger partial charge in [-0.3, -0.25) is 53.6 Å². The fourth-order valence-electron chi connectivity index (χ4n) is 15.1. The van der Waals surface area contributed by atoms with Gasteiger partial charge in [0.2, 0.25) is 53.4 Å². The number of benzene rings is 6. The summed E-state index contributed by atoms with van der Waals surface area (Å²) in [6.07, 6.45) is -20.8. The monoisotopic (exact) mass is 1800 g/mol. The van der Waals surface area contributed by atoms with Crippen molar-refractivity contribution in [1.82, 2.24) is 58.4 Å². The number of phenolic OH excluding ortho intramolecular Hbond substituents is 3. The standard InChI is InChI=1S/C84H92Cl2F2N14O25/c1-35(2)19-50(91-6)75(114)100-65-67(108)39-12-15-54(48(85)22-39)122-56-24-41-25-57(71(56)126-82-72(70(111)69(110)58(34-103)124-82)125-60-30-83(4,73(112)36(3)121-60)93-32-37-20-42(33-92-31-37)74(113)95-43-9-7-10-45(26-43)127-84(5,87)88)123-55-16-13-40(23-49(55)86)68(109)66-80(119)99-64(81(120)102-94-18-8-17-89)47-27-44(104)28-53(106)61(47)46-21-38(11-14-52(46)105)62(77(116)101-66)98-78(117)63(41)97-76(115)51(29-59(90)107)96-79(65)118/h7,9-16,20-28,31,33,35-36,50-51,58,60,62-70,72-73,82,91,93-94,103-106,108-112H,8,18-19,29-30,32,34H2,1-6H3,(H2,90,107)(H,95,113)(H,96,118)(H,97,115)(H,98,117)(H,99,119)(H,100,114)(H,101,116)(H,102,120)/t36-,50+,51-,58+,60-,62+,63+,64+,65+,66-,67+,68+,69+,70-,72+,73+,82-,83-/m0/s1. The number of aliphatic hydroxyl groups excluding tert-OH is 6. The minimum Gasteiger partial charge on any atom is -0.508 e. The number of hydrogen-bond acceptors (Lipinski definition) is 30. The molecular formula is C84H92Cl2F2N14O25. The second kappa shape index (κ2) is 39.7. The molecule has 7 aromatic rings. The molecule has 18 atom stereocenters. The molecule has 7 aliphatic rings. The number of nitriles is 1. The fraction of sp³-hybridized carbons (Fsp3) is 0.393. The number of fused-ring (bicyclic) bond motifs is 15. The number of primary amides is 1. The van der Waals surface area contributed by atoms with Crippen LogP contribution in [0.3, 0.4) is 0 Å². The number of carbonyl (C=O) groups excluding carboxylic acids is 9. The number of aromatic nitrogens is 1. The molecule has 0 saturated carbocycles. The Morgan fingerprint density at radius 3 is 2.06 bits per heavy atom. The minimum absolute atomic E-state index is 0.0238. The van der Waals surface area contributed by atoms with Crippen molar-refractivity contribution in [2.75, 3.05) is 25.5 Å². The van der Waals surface area contributed by atoms with Crippen molar-refractivity contribution in [3.8, 4) is 68.9 Å². The SMILES string of the molecule is CN[C@H](CC(C)C)C(=O)N[C@H]1C(=O)N[C@@H](CC(N)=O)C(=O)N[C@H]2C(=O)N[C@H]3C(=O)N[C@H](C(=O)N[C@@H](C(=O)NNCCC#N)c4cc(O)cc(O)c4-c4cc3ccc4O)[C@H](O)c3ccc(c(Cl)c3)Oc3cc2cc(c3O[C@@H]2O[C@H](CO)[C@@H](O)[C@H](O)[C@H]2O[C@H]2C[C@](C)(NCc3cncc(C(=O)Nc4cccc(OC(C)(F)F)c4)c3)[C@H](O)[C@H](C)O2)Oc2ccc(cc2Cl)[C@H]1O. The number of carbonyl (C=O) groups is 9. The van der Waals surface area contributed by atoms with Gasteiger partial charge in [-0.1, -0.05) is 61.3 Å². The van der Waals surface area contributed by atoms with Gasteiger partial charge in [0.15, 0.2) is 23.9 Å². The number of anilines is 1. The second-order valence-electron chi connectivity index (χ2n) is 31.4. The molecule has 22 N–H and O–H groups in total. The summed E-state index contributed by atoms with van der Waals surface area (Å²) in [7, 11) is 1.46. The van der Waals surface area contributed by atoms with Gasteiger partial charge in [-0.25, -0.2) is 5.43 Å². The number of hydrogen-bond donors (Lipinski definition) is 21. The van der Waals surface area contributed by atoms with Crippen LogP contribution in [0.2, 0.25) is 10.0 Å². The van der Waals surface area contributed by atoms with Crippen LogP contribution in [-0.4, -0.2) is 209 Å². The lowest BCUT2D eigenvalue weighted by molar-refractivity contribution is -0.334. The number of nitrogens with one attached hydrogen (secondary N) is 11. The van der Waals surface area contributed by atoms with E-state index in [9.17, 15) is 79.2 Å². The molecule has 0 unspecified atom stereocenters. The Kier molecular flexibility index (Phi) is 29.4. The molecule has 1 aromatic heterocycles. The molecule has 676 valence electrons. The van der Waals surface area contributed by atoms with Gasteiger partial charge >= 0.3 is 6.11 Å². The number of phenols is 3. The van der Waals surface area contributed by atoms with E-state index in [1.165, 1.54) is 68.8 Å². The van der Waals surface area contributed by atoms with E-state index in [2.05, 4.69) is 68.4 Å². The van der Waals surface area contributed by atoms with Gasteiger partial charge in [-0.2, -0.15) is 14.0 Å². The lowest BCUT2D eigenvalue weighted by Crippen LogP contribution is -2.65. The average molecular weight is 1810 g/mol. The number of likely N-dealkylation sites (N-methyl/N-ethyl adjacent to an activating group) is 1. The molecule has 9 amide bonds. The molecule has 43 heteroatoms. The summed E-state index contributed by atoms with van der Waals surface area (Å²) in [4.78, 5) is 138. The Hall–Kier alpha value is -12.3. The molecule has 8 heterocycles. The highest BCUT2D eigenvalue weighted by Gasteiger charge is 2.53. The molecule has 2 saturated heterocycles. The van der Waals surface area contributed by atoms with Crippen LogP contribution in [0.15, 0.2) is 122 Å². The number of rotatable bonds is 23. The Bertz CT molecular complexity index is 5400. The van der Waals surface area contributed by atoms with Crippen LogP contribution in [0, 0.1) is 17.2 Å². The van der Waals surface area contributed by atoms with Gasteiger partial charge in [0.05, 0.1) is 53.0 Å². The first-order valence-electron chi connectivity index (χ1n) is 39.7. The number of ether oxygens (including phenoxy) is 7. The number of alkyl halides is 2. The highest BCUT2D eigenvalue weighted by molar-refractivity contribution is 6.32. The summed E-state index contributed by atoms with van der Waals surface area (Å²) in [6.45, 7) is 5.91. The topological polar surface area (TPSA) is 595 Å². The van der Waals surface area contributed by atoms with E-state index < -0.39 is 260 Å². The van der Waals surface area contributed by atoms with E-state index in [1.54, 1.807) is 20.8 Å². The minimum atomic E-state index is -3.53. The molecular weight excluding hydrogens is 1710 g/mol. The quantitative estimate of drug-likeness (QED) is 0.0323. The van der Waals surface area contributed by atoms with Gasteiger partial charge in [-0.15, -0.1) is 0 Å². The number of aliphatic hydroxyl groups is 6. The van der Waals surface area contributed by atoms with E-state index in [0.29, 0.717) is 12.5 Å². The highest BCUT2D eigenvalue weighted by atomic mass is 35.5. The van der Waals surface area contributed by atoms with Gasteiger partial charge in [0.25, 0.3) is 11.8 Å². The summed E-state index contributed by atoms with van der Waals surface area (Å²) >= 11 is 14.4. The third-order valence-corrected chi connectivity index (χ3v) is 22.1. The Balaban J connectivity index is 1.01. The first-order valence-corrected chi connectivity index (χ1v) is 40.5. The largest absolute Gasteiger partial charge is 0.508 e. The van der Waals surface area contributed by atoms with Crippen molar-refractivity contribution in [3.05, 3.63) is 171 Å². The van der Waals surface area contributed by atoms with Crippen LogP contribution in [0.1, 0.15) is 134 Å². The average Bonchev–Trinajstić information content (AvgIpc) is 0.763. The van der Waals surface area contributed by atoms with Gasteiger partial charge in [0, 0.05) is 79.7 Å². The maximum Gasteiger partial charge on any atom is 0.394 e. The van der Waals surface area contributed by atoms with E-state index in [-0.39, 0.29) is 72.0 Å². The predicted molar refractivity (Wildman–Crippen MR) is 441 cm³/mol. The Morgan fingerprint density at radius 1 is 0.756 bits per heavy atom. The summed E-state index contributed by atoms with van der Waals surface area (Å²) in [5.41, 5.74) is 6.93. The summed E-state index contributed by atoms with van der Waals surface area (Å²) in [5.74, 6) is -16.6. The predicted octanol–water partition coefficient (Wildman–Crippen LogP) is 3.03. The zero-order valence-electron chi connectivity index (χ0n) is 68.4. The number of hydrazine groups is 1. The lowest BCUT2D eigenvalue weighted by Gasteiger charge is -2.48. The fourth-order valence-corrected chi connectivity index (χ4v) is 15.5. The molecule has 6 aromatic carbocycles. The van der Waals surface area contributed by atoms with Crippen molar-refractivity contribution >= 4 is 82.1 Å². The number of aromatic hydroxyl groups is 3. The molecule has 11 bridgehead atoms. The lowest BCUT2D eigenvalue weighted by atomic mass is 9.84. The van der Waals surface area contributed by atoms with Crippen LogP contribution in [-0.2, 0) is 59.1 Å². The zero-order valence-corrected chi connectivity index (χ0v) is 69.9. The van der Waals surface area contributed by atoms with Crippen molar-refractivity contribution < 1.29 is 131 Å². The highest BCUT2D eigenvalue weighted by Crippen LogP contribution is 2.50. The van der Waals surface area contributed by atoms with E-state index in [0.717, 1.165) is 66.7 Å². The number of halogens is 4. The molecule has 127 heavy (non-hydrogen) atoms. The molecule has 0 radical (unpaired) electrons. The van der Waals surface area contributed by atoms with E-state index in [1.807, 2.05) is 6.07 Å². The molecule has 2 fully saturated rings. The number of nitrogens with zero attached hydrogens (tertiary/aromatic N) is 2. The molecule has 0 spiro atoms. The normalized spacial score (nSPS) is 25.7. The van der Waals surface area contributed by atoms with Gasteiger partial charge in [0.1, 0.15) is 101 Å². The van der Waals surface area contributed by atoms with E-state index in [4.69, 9.17) is 57.4 Å². The Morgan fingerprint density at radius 2 is 1.42 bits per heavy atom. The summed E-state index contributed by atoms with van der Waals surface area (Å²) in [6, 6.07) is 7.92. The number of amides is 9. The van der Waals surface area contributed by atoms with Crippen LogP contribution >= 0.6 is 23.2 Å². The smallest absolute Gasteiger partial charge is 0.394 e. The third-order valence-electron chi connectivity index (χ3n) is 21.5. The van der Waals surface area contributed by atoms with Crippen molar-refractivity contribution in [2.24, 2.45) is 11.7 Å². The van der Waals surface area contributed by atoms with Gasteiger partial charge in [-0.05, 0) is 139 Å². The number of pyridine rings is 1. The van der Waals surface area contributed by atoms with Crippen molar-refractivity contribution in [3.63, 3.8) is 0 Å². The van der Waals surface area contributed by atoms with Crippen molar-refractivity contribution in [2.45, 2.75) is 182 Å². The first kappa shape index (κ1) is 93.9. The van der Waals surface area contributed by atoms with Crippen LogP contribution in [0.25, 0.3) is 11.1 Å². The maximum absolute atomic E-state index is 16.4. The second-order valence-corrected chi connectivity index (χ2v) is 32.3. The Labute approximate surface area is 732 Å². The van der Waals surface area contributed by atoms with Crippen LogP contribution in [0.4, 0.5) is 14.5 Å². The van der Waals surface area contributed by atoms with Crippen molar-refractivity contribution in [1.29, 1.82) is 5.26 Å². The zero-order chi connectivity index (χ0) is 91.9. The first-order chi connectivity index (χ1) is 60.2.